The third-order valence-corrected chi connectivity index (χ3v) is 7.70. The number of aliphatic hydroxyl groups is 1. The van der Waals surface area contributed by atoms with Crippen LogP contribution in [-0.4, -0.2) is 68.5 Å². The molecule has 0 heterocycles. The number of carbonyl (C=O) groups is 1. The minimum absolute atomic E-state index is 0.0104. The molecule has 0 fully saturated rings. The first-order valence-corrected chi connectivity index (χ1v) is 18.1. The fourth-order valence-corrected chi connectivity index (χ4v) is 4.74. The molecule has 3 unspecified atom stereocenters. The largest absolute Gasteiger partial charge is 0.756 e. The molecule has 8 nitrogen and oxygen atoms in total. The number of allylic oxidation sites excluding steroid dienone is 9. The fraction of sp³-hybridized carbons (Fsp3) is 0.686. The van der Waals surface area contributed by atoms with E-state index in [1.54, 1.807) is 6.08 Å². The Kier molecular flexibility index (Phi) is 26.4. The number of hydrogen-bond donors (Lipinski definition) is 2. The van der Waals surface area contributed by atoms with Crippen molar-refractivity contribution in [3.8, 4) is 0 Å². The number of hydrogen-bond acceptors (Lipinski definition) is 6. The van der Waals surface area contributed by atoms with Crippen LogP contribution in [0.5, 0.6) is 0 Å². The van der Waals surface area contributed by atoms with Crippen molar-refractivity contribution >= 4 is 13.7 Å². The second kappa shape index (κ2) is 27.5. The lowest BCUT2D eigenvalue weighted by Crippen LogP contribution is -2.45. The summed E-state index contributed by atoms with van der Waals surface area (Å²) in [5, 5.41) is 13.4. The molecule has 0 aromatic carbocycles. The van der Waals surface area contributed by atoms with E-state index in [1.807, 2.05) is 27.2 Å². The lowest BCUT2D eigenvalue weighted by molar-refractivity contribution is -0.870. The Balaban J connectivity index is 4.45. The van der Waals surface area contributed by atoms with E-state index in [0.717, 1.165) is 83.5 Å². The molecular weight excluding hydrogens is 575 g/mol. The third kappa shape index (κ3) is 28.9. The molecule has 0 bridgehead atoms. The van der Waals surface area contributed by atoms with Crippen LogP contribution in [0.15, 0.2) is 60.8 Å². The standard InChI is InChI=1S/C35H63N2O6P/c1-6-8-10-12-13-14-15-16-17-18-19-20-21-22-23-25-27-29-35(39)36-33(34(38)28-26-24-11-9-7-2)32-43-44(40,41)42-31-30-37(3,4)5/h8,10,13-14,16-17,19-20,26,28,33-34,38H,6-7,9,11-12,15,18,21-25,27,29-32H2,1-5H3,(H-,36,39,40,41)/b10-8-,14-13-,17-16-,20-19-,28-26+. The van der Waals surface area contributed by atoms with Gasteiger partial charge in [-0.2, -0.15) is 0 Å². The highest BCUT2D eigenvalue weighted by Gasteiger charge is 2.23. The molecule has 0 rings (SSSR count). The quantitative estimate of drug-likeness (QED) is 0.0402. The van der Waals surface area contributed by atoms with E-state index >= 15 is 0 Å². The van der Waals surface area contributed by atoms with Gasteiger partial charge >= 0.3 is 0 Å². The van der Waals surface area contributed by atoms with E-state index in [2.05, 4.69) is 67.8 Å². The molecule has 0 aliphatic carbocycles. The van der Waals surface area contributed by atoms with Crippen molar-refractivity contribution in [1.29, 1.82) is 0 Å². The molecule has 1 amide bonds. The number of phosphoric acid groups is 1. The summed E-state index contributed by atoms with van der Waals surface area (Å²) in [5.74, 6) is -0.234. The highest BCUT2D eigenvalue weighted by Crippen LogP contribution is 2.38. The first-order valence-electron chi connectivity index (χ1n) is 16.7. The number of aliphatic hydroxyl groups excluding tert-OH is 1. The summed E-state index contributed by atoms with van der Waals surface area (Å²) in [4.78, 5) is 24.9. The SMILES string of the molecule is CC/C=C\C/C=C\C/C=C\C/C=C\CCCCCCC(=O)NC(COP(=O)([O-])OCC[N+](C)(C)C)C(O)/C=C/CCCCC. The van der Waals surface area contributed by atoms with Crippen molar-refractivity contribution in [3.05, 3.63) is 60.8 Å². The zero-order valence-electron chi connectivity index (χ0n) is 28.3. The zero-order valence-corrected chi connectivity index (χ0v) is 29.2. The predicted molar refractivity (Wildman–Crippen MR) is 182 cm³/mol. The summed E-state index contributed by atoms with van der Waals surface area (Å²) in [6, 6.07) is -0.896. The summed E-state index contributed by atoms with van der Waals surface area (Å²) in [5.41, 5.74) is 0. The first-order chi connectivity index (χ1) is 21.0. The number of unbranched alkanes of at least 4 members (excludes halogenated alkanes) is 7. The van der Waals surface area contributed by atoms with E-state index in [0.29, 0.717) is 17.4 Å². The Morgan fingerprint density at radius 2 is 1.39 bits per heavy atom. The van der Waals surface area contributed by atoms with Crippen LogP contribution < -0.4 is 10.2 Å². The smallest absolute Gasteiger partial charge is 0.268 e. The van der Waals surface area contributed by atoms with Crippen molar-refractivity contribution < 1.29 is 32.9 Å². The van der Waals surface area contributed by atoms with Gasteiger partial charge in [-0.25, -0.2) is 0 Å². The van der Waals surface area contributed by atoms with Gasteiger partial charge < -0.3 is 28.8 Å². The van der Waals surface area contributed by atoms with Gasteiger partial charge in [-0.15, -0.1) is 0 Å². The molecule has 0 aliphatic rings. The van der Waals surface area contributed by atoms with Crippen molar-refractivity contribution in [2.45, 2.75) is 116 Å². The number of phosphoric ester groups is 1. The van der Waals surface area contributed by atoms with Crippen LogP contribution in [0.4, 0.5) is 0 Å². The van der Waals surface area contributed by atoms with E-state index in [-0.39, 0.29) is 12.5 Å². The molecule has 0 aromatic heterocycles. The predicted octanol–water partition coefficient (Wildman–Crippen LogP) is 7.32. The van der Waals surface area contributed by atoms with E-state index < -0.39 is 26.6 Å². The maximum Gasteiger partial charge on any atom is 0.268 e. The molecule has 44 heavy (non-hydrogen) atoms. The number of carbonyl (C=O) groups excluding carboxylic acids is 1. The topological polar surface area (TPSA) is 108 Å². The van der Waals surface area contributed by atoms with Gasteiger partial charge in [0, 0.05) is 6.42 Å². The fourth-order valence-electron chi connectivity index (χ4n) is 4.02. The van der Waals surface area contributed by atoms with Gasteiger partial charge in [0.05, 0.1) is 39.9 Å². The second-order valence-corrected chi connectivity index (χ2v) is 13.5. The molecule has 0 saturated carbocycles. The lowest BCUT2D eigenvalue weighted by Gasteiger charge is -2.29. The van der Waals surface area contributed by atoms with E-state index in [9.17, 15) is 19.4 Å². The molecule has 0 aliphatic heterocycles. The van der Waals surface area contributed by atoms with Crippen LogP contribution in [-0.2, 0) is 18.4 Å². The van der Waals surface area contributed by atoms with Crippen LogP contribution >= 0.6 is 7.82 Å². The Morgan fingerprint density at radius 3 is 2.00 bits per heavy atom. The summed E-state index contributed by atoms with van der Waals surface area (Å²) in [6.45, 7) is 4.34. The van der Waals surface area contributed by atoms with Crippen molar-refractivity contribution in [1.82, 2.24) is 5.32 Å². The van der Waals surface area contributed by atoms with Crippen molar-refractivity contribution in [3.63, 3.8) is 0 Å². The molecule has 3 atom stereocenters. The maximum atomic E-state index is 12.6. The molecule has 0 saturated heterocycles. The van der Waals surface area contributed by atoms with Crippen LogP contribution in [0.3, 0.4) is 0 Å². The second-order valence-electron chi connectivity index (χ2n) is 12.1. The third-order valence-electron chi connectivity index (χ3n) is 6.73. The number of likely N-dealkylation sites (N-methyl/N-ethyl adjacent to an activating group) is 1. The highest BCUT2D eigenvalue weighted by atomic mass is 31.2. The lowest BCUT2D eigenvalue weighted by atomic mass is 10.1. The monoisotopic (exact) mass is 638 g/mol. The molecule has 0 radical (unpaired) electrons. The molecule has 254 valence electrons. The molecule has 0 aromatic rings. The summed E-state index contributed by atoms with van der Waals surface area (Å²) in [7, 11) is 1.22. The minimum Gasteiger partial charge on any atom is -0.756 e. The summed E-state index contributed by atoms with van der Waals surface area (Å²) in [6.07, 6.45) is 33.0. The van der Waals surface area contributed by atoms with Gasteiger partial charge in [0.25, 0.3) is 7.82 Å². The number of amides is 1. The van der Waals surface area contributed by atoms with Gasteiger partial charge in [0.15, 0.2) is 0 Å². The summed E-state index contributed by atoms with van der Waals surface area (Å²) < 4.78 is 22.8. The van der Waals surface area contributed by atoms with E-state index in [4.69, 9.17) is 9.05 Å². The maximum absolute atomic E-state index is 12.6. The Labute approximate surface area is 269 Å². The van der Waals surface area contributed by atoms with Crippen LogP contribution in [0.2, 0.25) is 0 Å². The van der Waals surface area contributed by atoms with Gasteiger partial charge in [-0.05, 0) is 57.8 Å². The van der Waals surface area contributed by atoms with Gasteiger partial charge in [0.1, 0.15) is 13.2 Å². The molecular formula is C35H63N2O6P. The van der Waals surface area contributed by atoms with E-state index in [1.165, 1.54) is 0 Å². The molecule has 0 spiro atoms. The van der Waals surface area contributed by atoms with Gasteiger partial charge in [0.2, 0.25) is 5.91 Å². The van der Waals surface area contributed by atoms with Crippen molar-refractivity contribution in [2.75, 3.05) is 40.9 Å². The zero-order chi connectivity index (χ0) is 32.9. The van der Waals surface area contributed by atoms with Crippen LogP contribution in [0, 0.1) is 0 Å². The minimum atomic E-state index is -4.57. The average molecular weight is 639 g/mol. The molecule has 2 N–H and O–H groups in total. The van der Waals surface area contributed by atoms with Crippen LogP contribution in [0.1, 0.15) is 104 Å². The number of nitrogens with zero attached hydrogens (tertiary/aromatic N) is 1. The Bertz CT molecular complexity index is 907. The van der Waals surface area contributed by atoms with Gasteiger partial charge in [-0.1, -0.05) is 100 Å². The first kappa shape index (κ1) is 42.2. The Morgan fingerprint density at radius 1 is 0.818 bits per heavy atom. The number of quaternary nitrogens is 1. The van der Waals surface area contributed by atoms with Crippen LogP contribution in [0.25, 0.3) is 0 Å². The van der Waals surface area contributed by atoms with Crippen molar-refractivity contribution in [2.24, 2.45) is 0 Å². The molecule has 9 heteroatoms. The highest BCUT2D eigenvalue weighted by molar-refractivity contribution is 7.45. The number of nitrogens with one attached hydrogen (secondary N) is 1. The van der Waals surface area contributed by atoms with Gasteiger partial charge in [-0.3, -0.25) is 9.36 Å². The normalized spacial score (nSPS) is 15.7. The Hall–Kier alpha value is -1.80. The summed E-state index contributed by atoms with van der Waals surface area (Å²) >= 11 is 0. The number of rotatable bonds is 28. The average Bonchev–Trinajstić information content (AvgIpc) is 2.95.